The Morgan fingerprint density at radius 2 is 2.17 bits per heavy atom. The molecule has 1 aromatic rings. The third-order valence-corrected chi connectivity index (χ3v) is 3.80. The number of carbonyl (C=O) groups is 2. The van der Waals surface area contributed by atoms with Gasteiger partial charge in [0.2, 0.25) is 0 Å². The molecular formula is C15H19N3O5. The van der Waals surface area contributed by atoms with Crippen molar-refractivity contribution in [1.82, 2.24) is 10.1 Å². The fraction of sp³-hybridized carbons (Fsp3) is 0.467. The smallest absolute Gasteiger partial charge is 0.265 e. The van der Waals surface area contributed by atoms with Crippen LogP contribution in [0.5, 0.6) is 0 Å². The zero-order chi connectivity index (χ0) is 16.4. The molecule has 2 aliphatic heterocycles. The molecule has 1 fully saturated rings. The van der Waals surface area contributed by atoms with Crippen molar-refractivity contribution in [1.29, 1.82) is 0 Å². The minimum Gasteiger partial charge on any atom is -0.398 e. The maximum absolute atomic E-state index is 12.6. The predicted molar refractivity (Wildman–Crippen MR) is 80.0 cm³/mol. The van der Waals surface area contributed by atoms with Crippen LogP contribution >= 0.6 is 0 Å². The van der Waals surface area contributed by atoms with Crippen molar-refractivity contribution in [3.8, 4) is 0 Å². The molecule has 8 heteroatoms. The second-order valence-electron chi connectivity index (χ2n) is 5.33. The molecule has 1 aromatic carbocycles. The van der Waals surface area contributed by atoms with Crippen molar-refractivity contribution in [3.63, 3.8) is 0 Å². The maximum Gasteiger partial charge on any atom is 0.265 e. The highest BCUT2D eigenvalue weighted by Crippen LogP contribution is 2.31. The van der Waals surface area contributed by atoms with E-state index in [0.717, 1.165) is 4.90 Å². The molecule has 1 saturated heterocycles. The first-order valence-electron chi connectivity index (χ1n) is 7.46. The number of fused-ring (bicyclic) bond motifs is 1. The highest BCUT2D eigenvalue weighted by Gasteiger charge is 2.43. The third kappa shape index (κ3) is 2.93. The Hall–Kier alpha value is -2.00. The lowest BCUT2D eigenvalue weighted by Crippen LogP contribution is -2.49. The molecule has 2 N–H and O–H groups in total. The lowest BCUT2D eigenvalue weighted by atomic mass is 10.1. The quantitative estimate of drug-likeness (QED) is 0.487. The summed E-state index contributed by atoms with van der Waals surface area (Å²) in [6, 6.07) is 4.86. The highest BCUT2D eigenvalue weighted by atomic mass is 17.0. The lowest BCUT2D eigenvalue weighted by Gasteiger charge is -2.35. The summed E-state index contributed by atoms with van der Waals surface area (Å²) < 4.78 is 4.98. The summed E-state index contributed by atoms with van der Waals surface area (Å²) in [5.74, 6) is -0.812. The van der Waals surface area contributed by atoms with Crippen molar-refractivity contribution >= 4 is 17.5 Å². The van der Waals surface area contributed by atoms with Crippen molar-refractivity contribution in [3.05, 3.63) is 29.3 Å². The van der Waals surface area contributed by atoms with Gasteiger partial charge in [-0.15, -0.1) is 0 Å². The number of anilines is 1. The molecular weight excluding hydrogens is 302 g/mol. The largest absolute Gasteiger partial charge is 0.398 e. The summed E-state index contributed by atoms with van der Waals surface area (Å²) in [7, 11) is 1.61. The molecule has 0 aromatic heterocycles. The average Bonchev–Trinajstić information content (AvgIpc) is 2.80. The molecule has 124 valence electrons. The predicted octanol–water partition coefficient (Wildman–Crippen LogP) is 0.796. The highest BCUT2D eigenvalue weighted by molar-refractivity contribution is 6.23. The van der Waals surface area contributed by atoms with Gasteiger partial charge in [-0.25, -0.2) is 9.74 Å². The van der Waals surface area contributed by atoms with Crippen molar-refractivity contribution < 1.29 is 24.0 Å². The molecule has 1 atom stereocenters. The summed E-state index contributed by atoms with van der Waals surface area (Å²) in [6.07, 6.45) is 0.419. The summed E-state index contributed by atoms with van der Waals surface area (Å²) in [6.45, 7) is 1.41. The molecule has 0 aliphatic carbocycles. The number of hydrogen-bond acceptors (Lipinski definition) is 7. The van der Waals surface area contributed by atoms with E-state index in [4.69, 9.17) is 20.1 Å². The van der Waals surface area contributed by atoms with Crippen LogP contribution in [0.4, 0.5) is 5.69 Å². The molecule has 0 radical (unpaired) electrons. The van der Waals surface area contributed by atoms with Crippen LogP contribution in [0.1, 0.15) is 33.6 Å². The normalized spacial score (nSPS) is 21.8. The minimum absolute atomic E-state index is 0.249. The van der Waals surface area contributed by atoms with E-state index in [9.17, 15) is 9.59 Å². The van der Waals surface area contributed by atoms with Gasteiger partial charge in [0.25, 0.3) is 11.8 Å². The van der Waals surface area contributed by atoms with E-state index in [0.29, 0.717) is 43.9 Å². The van der Waals surface area contributed by atoms with Crippen molar-refractivity contribution in [2.75, 3.05) is 32.6 Å². The Bertz CT molecular complexity index is 621. The summed E-state index contributed by atoms with van der Waals surface area (Å²) in [4.78, 5) is 37.2. The van der Waals surface area contributed by atoms with Crippen LogP contribution in [-0.4, -0.2) is 55.0 Å². The minimum atomic E-state index is -0.696. The fourth-order valence-corrected chi connectivity index (χ4v) is 2.70. The number of ether oxygens (including phenoxy) is 1. The van der Waals surface area contributed by atoms with Gasteiger partial charge in [-0.3, -0.25) is 14.4 Å². The Kier molecular flexibility index (Phi) is 4.58. The van der Waals surface area contributed by atoms with Gasteiger partial charge in [-0.05, 0) is 18.6 Å². The first-order chi connectivity index (χ1) is 11.1. The van der Waals surface area contributed by atoms with Crippen LogP contribution < -0.4 is 5.73 Å². The van der Waals surface area contributed by atoms with Gasteiger partial charge in [-0.1, -0.05) is 11.3 Å². The van der Waals surface area contributed by atoms with Gasteiger partial charge in [0.05, 0.1) is 24.3 Å². The average molecular weight is 321 g/mol. The Morgan fingerprint density at radius 1 is 1.35 bits per heavy atom. The number of nitrogens with zero attached hydrogens (tertiary/aromatic N) is 2. The van der Waals surface area contributed by atoms with Crippen molar-refractivity contribution in [2.24, 2.45) is 0 Å². The number of amides is 2. The van der Waals surface area contributed by atoms with Gasteiger partial charge in [0.15, 0.2) is 6.23 Å². The third-order valence-electron chi connectivity index (χ3n) is 3.80. The molecule has 1 unspecified atom stereocenters. The second-order valence-corrected chi connectivity index (χ2v) is 5.33. The number of imide groups is 1. The molecule has 8 nitrogen and oxygen atoms in total. The summed E-state index contributed by atoms with van der Waals surface area (Å²) >= 11 is 0. The fourth-order valence-electron chi connectivity index (χ4n) is 2.70. The van der Waals surface area contributed by atoms with E-state index in [1.807, 2.05) is 0 Å². The standard InChI is InChI=1S/C15H19N3O5/c1-21-8-3-7-17-22-9-6-12(23-17)18-14(19)10-4-2-5-11(16)13(10)15(18)20/h2,4-5,12H,3,6-9,16H2,1H3. The Balaban J connectivity index is 1.74. The lowest BCUT2D eigenvalue weighted by molar-refractivity contribution is -0.424. The van der Waals surface area contributed by atoms with Crippen LogP contribution in [0.15, 0.2) is 18.2 Å². The molecule has 0 spiro atoms. The van der Waals surface area contributed by atoms with Crippen LogP contribution in [0.25, 0.3) is 0 Å². The van der Waals surface area contributed by atoms with Gasteiger partial charge in [0, 0.05) is 25.8 Å². The SMILES string of the molecule is COCCCN1OCCC(N2C(=O)c3cccc(N)c3C2=O)O1. The van der Waals surface area contributed by atoms with E-state index in [1.165, 1.54) is 5.23 Å². The number of nitrogen functional groups attached to an aromatic ring is 1. The zero-order valence-electron chi connectivity index (χ0n) is 12.9. The van der Waals surface area contributed by atoms with Gasteiger partial charge in [-0.2, -0.15) is 0 Å². The molecule has 23 heavy (non-hydrogen) atoms. The van der Waals surface area contributed by atoms with Crippen LogP contribution in [0, 0.1) is 0 Å². The molecule has 2 amide bonds. The van der Waals surface area contributed by atoms with Gasteiger partial charge in [0.1, 0.15) is 0 Å². The van der Waals surface area contributed by atoms with E-state index in [1.54, 1.807) is 25.3 Å². The Labute approximate surface area is 133 Å². The number of nitrogens with two attached hydrogens (primary N) is 1. The monoisotopic (exact) mass is 321 g/mol. The summed E-state index contributed by atoms with van der Waals surface area (Å²) in [5, 5.41) is 1.31. The number of hydrogen-bond donors (Lipinski definition) is 1. The Morgan fingerprint density at radius 3 is 2.91 bits per heavy atom. The van der Waals surface area contributed by atoms with Crippen molar-refractivity contribution in [2.45, 2.75) is 19.1 Å². The molecule has 2 heterocycles. The summed E-state index contributed by atoms with van der Waals surface area (Å²) in [5.41, 5.74) is 6.70. The molecule has 0 saturated carbocycles. The number of benzene rings is 1. The van der Waals surface area contributed by atoms with Crippen LogP contribution in [0.2, 0.25) is 0 Å². The zero-order valence-corrected chi connectivity index (χ0v) is 12.9. The topological polar surface area (TPSA) is 94.3 Å². The van der Waals surface area contributed by atoms with Gasteiger partial charge >= 0.3 is 0 Å². The second kappa shape index (κ2) is 6.63. The number of methoxy groups -OCH3 is 1. The van der Waals surface area contributed by atoms with E-state index < -0.39 is 12.1 Å². The molecule has 2 aliphatic rings. The molecule has 3 rings (SSSR count). The number of hydroxylamine groups is 2. The first-order valence-corrected chi connectivity index (χ1v) is 7.46. The maximum atomic E-state index is 12.6. The van der Waals surface area contributed by atoms with Gasteiger partial charge < -0.3 is 10.5 Å². The first kappa shape index (κ1) is 15.9. The number of carbonyl (C=O) groups excluding carboxylic acids is 2. The number of rotatable bonds is 5. The van der Waals surface area contributed by atoms with E-state index in [2.05, 4.69) is 0 Å². The van der Waals surface area contributed by atoms with Crippen LogP contribution in [-0.2, 0) is 14.4 Å². The van der Waals surface area contributed by atoms with E-state index >= 15 is 0 Å². The molecule has 0 bridgehead atoms. The van der Waals surface area contributed by atoms with Crippen LogP contribution in [0.3, 0.4) is 0 Å². The van der Waals surface area contributed by atoms with E-state index in [-0.39, 0.29) is 11.5 Å².